The van der Waals surface area contributed by atoms with Crippen molar-refractivity contribution in [1.29, 1.82) is 0 Å². The van der Waals surface area contributed by atoms with Crippen LogP contribution in [0.5, 0.6) is 0 Å². The van der Waals surface area contributed by atoms with Crippen LogP contribution in [0.4, 0.5) is 0 Å². The van der Waals surface area contributed by atoms with Gasteiger partial charge in [0.15, 0.2) is 0 Å². The average Bonchev–Trinajstić information content (AvgIpc) is 3.26. The molecule has 0 saturated heterocycles. The molecule has 0 radical (unpaired) electrons. The molecular formula is C56H97NO5. The van der Waals surface area contributed by atoms with Gasteiger partial charge in [0.05, 0.1) is 25.2 Å². The van der Waals surface area contributed by atoms with E-state index in [2.05, 4.69) is 111 Å². The van der Waals surface area contributed by atoms with Gasteiger partial charge in [0.1, 0.15) is 6.10 Å². The summed E-state index contributed by atoms with van der Waals surface area (Å²) in [4.78, 5) is 26.1. The summed E-state index contributed by atoms with van der Waals surface area (Å²) in [5.41, 5.74) is 0. The molecule has 0 fully saturated rings. The molecule has 1 amide bonds. The van der Waals surface area contributed by atoms with E-state index in [9.17, 15) is 19.8 Å². The zero-order valence-corrected chi connectivity index (χ0v) is 40.5. The zero-order chi connectivity index (χ0) is 45.2. The molecule has 0 aliphatic carbocycles. The summed E-state index contributed by atoms with van der Waals surface area (Å²) < 4.78 is 5.91. The number of allylic oxidation sites excluding steroid dienone is 14. The van der Waals surface area contributed by atoms with Crippen molar-refractivity contribution in [2.45, 2.75) is 251 Å². The minimum Gasteiger partial charge on any atom is -0.462 e. The first-order valence-corrected chi connectivity index (χ1v) is 25.8. The number of aliphatic hydroxyl groups is 2. The van der Waals surface area contributed by atoms with Gasteiger partial charge in [0, 0.05) is 6.42 Å². The van der Waals surface area contributed by atoms with Crippen molar-refractivity contribution >= 4 is 11.9 Å². The first-order chi connectivity index (χ1) is 30.5. The molecule has 0 rings (SSSR count). The minimum atomic E-state index is -0.801. The summed E-state index contributed by atoms with van der Waals surface area (Å²) in [6, 6.07) is -0.716. The van der Waals surface area contributed by atoms with Gasteiger partial charge >= 0.3 is 5.97 Å². The molecule has 3 N–H and O–H groups in total. The maximum Gasteiger partial charge on any atom is 0.306 e. The van der Waals surface area contributed by atoms with Crippen LogP contribution < -0.4 is 5.32 Å². The van der Waals surface area contributed by atoms with Crippen LogP contribution in [0.25, 0.3) is 0 Å². The highest BCUT2D eigenvalue weighted by atomic mass is 16.5. The van der Waals surface area contributed by atoms with Gasteiger partial charge in [-0.3, -0.25) is 9.59 Å². The molecule has 3 unspecified atom stereocenters. The van der Waals surface area contributed by atoms with E-state index in [1.165, 1.54) is 64.2 Å². The number of rotatable bonds is 45. The Morgan fingerprint density at radius 1 is 0.484 bits per heavy atom. The van der Waals surface area contributed by atoms with Crippen molar-refractivity contribution in [3.8, 4) is 0 Å². The molecule has 0 heterocycles. The van der Waals surface area contributed by atoms with Gasteiger partial charge in [-0.1, -0.05) is 209 Å². The molecule has 6 heteroatoms. The largest absolute Gasteiger partial charge is 0.462 e. The number of nitrogens with one attached hydrogen (secondary N) is 1. The van der Waals surface area contributed by atoms with E-state index in [-0.39, 0.29) is 24.9 Å². The standard InChI is InChI=1S/C56H97NO5/c1-4-7-10-13-16-19-22-25-26-27-28-29-30-31-34-37-40-43-46-49-56(61)62-52(47-44-41-38-35-32-23-20-17-14-11-8-5-2)50-55(60)57-53(51-58)54(59)48-45-42-39-36-33-24-21-18-15-12-9-6-3/h7-8,10-11,16-17,19-20,25-26,28-29,31,34,52-54,58-59H,4-6,9,12-15,18,21-24,27,30,32-33,35-51H2,1-3H3,(H,57,60)/b10-7-,11-8+,19-16-,20-17+,26-25-,29-28-,34-31-. The third-order valence-electron chi connectivity index (χ3n) is 11.2. The fraction of sp³-hybridized carbons (Fsp3) is 0.714. The number of hydrogen-bond acceptors (Lipinski definition) is 5. The van der Waals surface area contributed by atoms with Crippen LogP contribution in [0.3, 0.4) is 0 Å². The van der Waals surface area contributed by atoms with Gasteiger partial charge in [-0.15, -0.1) is 0 Å². The van der Waals surface area contributed by atoms with Crippen molar-refractivity contribution < 1.29 is 24.5 Å². The van der Waals surface area contributed by atoms with Gasteiger partial charge < -0.3 is 20.3 Å². The second-order valence-electron chi connectivity index (χ2n) is 17.2. The Morgan fingerprint density at radius 3 is 1.32 bits per heavy atom. The molecule has 3 atom stereocenters. The Bertz CT molecular complexity index is 1200. The lowest BCUT2D eigenvalue weighted by Crippen LogP contribution is -2.46. The van der Waals surface area contributed by atoms with E-state index in [0.717, 1.165) is 122 Å². The minimum absolute atomic E-state index is 0.0505. The number of hydrogen-bond donors (Lipinski definition) is 3. The Balaban J connectivity index is 4.63. The number of amides is 1. The highest BCUT2D eigenvalue weighted by Crippen LogP contribution is 2.17. The lowest BCUT2D eigenvalue weighted by Gasteiger charge is -2.24. The number of esters is 1. The Hall–Kier alpha value is -2.96. The van der Waals surface area contributed by atoms with Crippen molar-refractivity contribution in [1.82, 2.24) is 5.32 Å². The predicted molar refractivity (Wildman–Crippen MR) is 268 cm³/mol. The zero-order valence-electron chi connectivity index (χ0n) is 40.5. The Labute approximate surface area is 383 Å². The Kier molecular flexibility index (Phi) is 46.7. The topological polar surface area (TPSA) is 95.9 Å². The van der Waals surface area contributed by atoms with Crippen molar-refractivity contribution in [3.05, 3.63) is 85.1 Å². The van der Waals surface area contributed by atoms with Gasteiger partial charge in [-0.25, -0.2) is 0 Å². The first-order valence-electron chi connectivity index (χ1n) is 25.8. The second-order valence-corrected chi connectivity index (χ2v) is 17.2. The fourth-order valence-electron chi connectivity index (χ4n) is 7.38. The summed E-state index contributed by atoms with van der Waals surface area (Å²) in [7, 11) is 0. The summed E-state index contributed by atoms with van der Waals surface area (Å²) in [6.45, 7) is 6.24. The summed E-state index contributed by atoms with van der Waals surface area (Å²) in [6.07, 6.45) is 63.6. The quantitative estimate of drug-likeness (QED) is 0.0322. The third-order valence-corrected chi connectivity index (χ3v) is 11.2. The SMILES string of the molecule is CC/C=C\C/C=C\C/C=C\C/C=C\C/C=C\CCCCCC(=O)OC(CCCCCCC/C=C/C/C=C/CC)CC(=O)NC(CO)C(O)CCCCCCCCCCCCCC. The number of carbonyl (C=O) groups excluding carboxylic acids is 2. The molecule has 0 aliphatic rings. The molecule has 0 bridgehead atoms. The van der Waals surface area contributed by atoms with Crippen LogP contribution in [0.15, 0.2) is 85.1 Å². The van der Waals surface area contributed by atoms with Crippen LogP contribution in [0.2, 0.25) is 0 Å². The molecule has 62 heavy (non-hydrogen) atoms. The molecular weight excluding hydrogens is 767 g/mol. The van der Waals surface area contributed by atoms with Crippen molar-refractivity contribution in [3.63, 3.8) is 0 Å². The van der Waals surface area contributed by atoms with Crippen LogP contribution in [-0.4, -0.2) is 46.9 Å². The number of aliphatic hydroxyl groups excluding tert-OH is 2. The van der Waals surface area contributed by atoms with E-state index in [0.29, 0.717) is 19.3 Å². The van der Waals surface area contributed by atoms with Gasteiger partial charge in [0.2, 0.25) is 5.91 Å². The van der Waals surface area contributed by atoms with E-state index in [1.807, 2.05) is 0 Å². The maximum absolute atomic E-state index is 13.2. The molecule has 0 saturated carbocycles. The molecule has 0 spiro atoms. The third kappa shape index (κ3) is 43.7. The highest BCUT2D eigenvalue weighted by Gasteiger charge is 2.24. The second kappa shape index (κ2) is 49.1. The monoisotopic (exact) mass is 864 g/mol. The van der Waals surface area contributed by atoms with E-state index in [4.69, 9.17) is 4.74 Å². The lowest BCUT2D eigenvalue weighted by molar-refractivity contribution is -0.151. The molecule has 0 aromatic carbocycles. The van der Waals surface area contributed by atoms with Crippen LogP contribution >= 0.6 is 0 Å². The molecule has 0 aromatic heterocycles. The molecule has 356 valence electrons. The normalized spacial score (nSPS) is 14.0. The van der Waals surface area contributed by atoms with E-state index in [1.54, 1.807) is 0 Å². The van der Waals surface area contributed by atoms with E-state index < -0.39 is 18.2 Å². The summed E-state index contributed by atoms with van der Waals surface area (Å²) in [5, 5.41) is 23.7. The van der Waals surface area contributed by atoms with Gasteiger partial charge in [-0.2, -0.15) is 0 Å². The Morgan fingerprint density at radius 2 is 0.871 bits per heavy atom. The number of ether oxygens (including phenoxy) is 1. The summed E-state index contributed by atoms with van der Waals surface area (Å²) in [5.74, 6) is -0.530. The first kappa shape index (κ1) is 59.0. The highest BCUT2D eigenvalue weighted by molar-refractivity contribution is 5.77. The van der Waals surface area contributed by atoms with Crippen molar-refractivity contribution in [2.75, 3.05) is 6.61 Å². The molecule has 0 aliphatic heterocycles. The lowest BCUT2D eigenvalue weighted by atomic mass is 10.0. The number of carbonyl (C=O) groups is 2. The molecule has 0 aromatic rings. The van der Waals surface area contributed by atoms with E-state index >= 15 is 0 Å². The van der Waals surface area contributed by atoms with Gasteiger partial charge in [-0.05, 0) is 96.3 Å². The van der Waals surface area contributed by atoms with Gasteiger partial charge in [0.25, 0.3) is 0 Å². The fourth-order valence-corrected chi connectivity index (χ4v) is 7.38. The van der Waals surface area contributed by atoms with Crippen LogP contribution in [0, 0.1) is 0 Å². The summed E-state index contributed by atoms with van der Waals surface area (Å²) >= 11 is 0. The average molecular weight is 864 g/mol. The maximum atomic E-state index is 13.2. The van der Waals surface area contributed by atoms with Crippen LogP contribution in [-0.2, 0) is 14.3 Å². The predicted octanol–water partition coefficient (Wildman–Crippen LogP) is 15.6. The smallest absolute Gasteiger partial charge is 0.306 e. The molecule has 6 nitrogen and oxygen atoms in total. The van der Waals surface area contributed by atoms with Crippen molar-refractivity contribution in [2.24, 2.45) is 0 Å². The number of unbranched alkanes of at least 4 members (excludes halogenated alkanes) is 19. The van der Waals surface area contributed by atoms with Crippen LogP contribution in [0.1, 0.15) is 233 Å².